The molecule has 0 saturated heterocycles. The molecule has 2 unspecified atom stereocenters. The normalized spacial score (nSPS) is 13.6. The molecule has 0 aliphatic rings. The van der Waals surface area contributed by atoms with Gasteiger partial charge in [0.25, 0.3) is 0 Å². The number of hydrogen-bond acceptors (Lipinski definition) is 8. The zero-order valence-electron chi connectivity index (χ0n) is 15.9. The number of carbonyl (C=O) groups excluding carboxylic acids is 2. The molecule has 0 aromatic carbocycles. The number of ether oxygens (including phenoxy) is 2. The minimum absolute atomic E-state index is 0.0560. The summed E-state index contributed by atoms with van der Waals surface area (Å²) in [5.74, 6) is -1.18. The molecule has 0 aliphatic carbocycles. The van der Waals surface area contributed by atoms with Gasteiger partial charge < -0.3 is 27.2 Å². The standard InChI is InChI=1S/C16H26Cl2O8Si/c1-11(2)15(19)25-13(17)7-9-23-27(21-5,22-6)24-10-8-14(18)26-16(20)12(3)4/h13-14H,1,3,7-10H2,2,4-6H3. The zero-order valence-corrected chi connectivity index (χ0v) is 18.4. The highest BCUT2D eigenvalue weighted by Gasteiger charge is 2.43. The largest absolute Gasteiger partial charge is 0.679 e. The summed E-state index contributed by atoms with van der Waals surface area (Å²) in [6.45, 7) is 10.1. The molecule has 0 rings (SSSR count). The molecule has 0 spiro atoms. The lowest BCUT2D eigenvalue weighted by Gasteiger charge is -2.25. The van der Waals surface area contributed by atoms with E-state index in [9.17, 15) is 9.59 Å². The van der Waals surface area contributed by atoms with Gasteiger partial charge in [-0.1, -0.05) is 36.4 Å². The molecule has 0 aliphatic heterocycles. The van der Waals surface area contributed by atoms with E-state index in [0.29, 0.717) is 0 Å². The third-order valence-corrected chi connectivity index (χ3v) is 5.64. The van der Waals surface area contributed by atoms with Crippen molar-refractivity contribution in [2.75, 3.05) is 27.4 Å². The number of alkyl halides is 2. The van der Waals surface area contributed by atoms with Gasteiger partial charge in [-0.2, -0.15) is 0 Å². The molecule has 8 nitrogen and oxygen atoms in total. The summed E-state index contributed by atoms with van der Waals surface area (Å²) in [4.78, 5) is 22.8. The van der Waals surface area contributed by atoms with Crippen LogP contribution in [0, 0.1) is 0 Å². The first kappa shape index (κ1) is 26.1. The lowest BCUT2D eigenvalue weighted by atomic mass is 10.4. The van der Waals surface area contributed by atoms with Crippen molar-refractivity contribution in [2.24, 2.45) is 0 Å². The van der Waals surface area contributed by atoms with Crippen molar-refractivity contribution in [1.82, 2.24) is 0 Å². The van der Waals surface area contributed by atoms with Gasteiger partial charge in [-0.15, -0.1) is 0 Å². The Balaban J connectivity index is 4.38. The Morgan fingerprint density at radius 2 is 1.19 bits per heavy atom. The van der Waals surface area contributed by atoms with E-state index >= 15 is 0 Å². The van der Waals surface area contributed by atoms with Crippen LogP contribution >= 0.6 is 23.2 Å². The average Bonchev–Trinajstić information content (AvgIpc) is 2.60. The van der Waals surface area contributed by atoms with Crippen LogP contribution in [0.3, 0.4) is 0 Å². The van der Waals surface area contributed by atoms with E-state index in [2.05, 4.69) is 13.2 Å². The Kier molecular flexibility index (Phi) is 12.8. The van der Waals surface area contributed by atoms with Gasteiger partial charge in [0.15, 0.2) is 11.1 Å². The third kappa shape index (κ3) is 10.8. The number of rotatable bonds is 14. The van der Waals surface area contributed by atoms with Crippen LogP contribution in [0.4, 0.5) is 0 Å². The lowest BCUT2D eigenvalue weighted by Crippen LogP contribution is -2.48. The molecule has 27 heavy (non-hydrogen) atoms. The van der Waals surface area contributed by atoms with Crippen molar-refractivity contribution in [2.45, 2.75) is 37.8 Å². The smallest absolute Gasteiger partial charge is 0.443 e. The van der Waals surface area contributed by atoms with Gasteiger partial charge in [0, 0.05) is 51.4 Å². The van der Waals surface area contributed by atoms with Crippen molar-refractivity contribution in [3.8, 4) is 0 Å². The molecule has 0 heterocycles. The van der Waals surface area contributed by atoms with E-state index < -0.39 is 32.1 Å². The topological polar surface area (TPSA) is 89.5 Å². The number of carbonyl (C=O) groups is 2. The molecule has 2 atom stereocenters. The molecule has 0 amide bonds. The second kappa shape index (κ2) is 13.3. The fraction of sp³-hybridized carbons (Fsp3) is 0.625. The van der Waals surface area contributed by atoms with Crippen molar-refractivity contribution < 1.29 is 36.8 Å². The van der Waals surface area contributed by atoms with Crippen molar-refractivity contribution in [1.29, 1.82) is 0 Å². The lowest BCUT2D eigenvalue weighted by molar-refractivity contribution is -0.141. The summed E-state index contributed by atoms with van der Waals surface area (Å²) in [6, 6.07) is 0. The molecule has 0 bridgehead atoms. The van der Waals surface area contributed by atoms with Gasteiger partial charge in [-0.05, 0) is 13.8 Å². The van der Waals surface area contributed by atoms with Crippen molar-refractivity contribution in [3.63, 3.8) is 0 Å². The predicted molar refractivity (Wildman–Crippen MR) is 102 cm³/mol. The predicted octanol–water partition coefficient (Wildman–Crippen LogP) is 2.90. The summed E-state index contributed by atoms with van der Waals surface area (Å²) in [5, 5.41) is 0. The molecule has 156 valence electrons. The highest BCUT2D eigenvalue weighted by atomic mass is 35.5. The fourth-order valence-corrected chi connectivity index (χ4v) is 3.26. The Hall–Kier alpha value is -0.943. The molecule has 0 radical (unpaired) electrons. The molecule has 11 heteroatoms. The van der Waals surface area contributed by atoms with Crippen LogP contribution in [-0.2, 0) is 36.8 Å². The van der Waals surface area contributed by atoms with Crippen LogP contribution < -0.4 is 0 Å². The van der Waals surface area contributed by atoms with Gasteiger partial charge >= 0.3 is 21.0 Å². The summed E-state index contributed by atoms with van der Waals surface area (Å²) < 4.78 is 31.4. The number of halogens is 2. The average molecular weight is 445 g/mol. The van der Waals surface area contributed by atoms with Crippen molar-refractivity contribution >= 4 is 44.2 Å². The molecular weight excluding hydrogens is 419 g/mol. The summed E-state index contributed by atoms with van der Waals surface area (Å²) >= 11 is 11.8. The van der Waals surface area contributed by atoms with Gasteiger partial charge in [0.2, 0.25) is 0 Å². The van der Waals surface area contributed by atoms with E-state index in [4.69, 9.17) is 50.4 Å². The Morgan fingerprint density at radius 3 is 1.44 bits per heavy atom. The monoisotopic (exact) mass is 444 g/mol. The fourth-order valence-electron chi connectivity index (χ4n) is 1.47. The minimum Gasteiger partial charge on any atom is -0.443 e. The van der Waals surface area contributed by atoms with Crippen LogP contribution in [0.25, 0.3) is 0 Å². The second-order valence-corrected chi connectivity index (χ2v) is 8.74. The number of esters is 2. The third-order valence-electron chi connectivity index (χ3n) is 2.91. The van der Waals surface area contributed by atoms with E-state index in [-0.39, 0.29) is 37.2 Å². The van der Waals surface area contributed by atoms with Crippen LogP contribution in [0.2, 0.25) is 0 Å². The molecule has 0 aromatic rings. The molecule has 0 saturated carbocycles. The maximum Gasteiger partial charge on any atom is 0.679 e. The first-order chi connectivity index (χ1) is 12.6. The second-order valence-electron chi connectivity index (χ2n) is 5.37. The summed E-state index contributed by atoms with van der Waals surface area (Å²) in [6.07, 6.45) is 0.361. The minimum atomic E-state index is -3.43. The van der Waals surface area contributed by atoms with E-state index in [1.165, 1.54) is 28.1 Å². The van der Waals surface area contributed by atoms with Gasteiger partial charge in [-0.25, -0.2) is 9.59 Å². The maximum atomic E-state index is 11.4. The first-order valence-corrected chi connectivity index (χ1v) is 10.5. The zero-order chi connectivity index (χ0) is 21.0. The van der Waals surface area contributed by atoms with E-state index in [0.717, 1.165) is 0 Å². The van der Waals surface area contributed by atoms with Gasteiger partial charge in [0.05, 0.1) is 0 Å². The molecule has 0 aromatic heterocycles. The van der Waals surface area contributed by atoms with Crippen LogP contribution in [-0.4, -0.2) is 59.5 Å². The Bertz CT molecular complexity index is 483. The number of hydrogen-bond donors (Lipinski definition) is 0. The summed E-state index contributed by atoms with van der Waals surface area (Å²) in [5.41, 5.74) is -1.32. The van der Waals surface area contributed by atoms with Crippen LogP contribution in [0.1, 0.15) is 26.7 Å². The van der Waals surface area contributed by atoms with Crippen molar-refractivity contribution in [3.05, 3.63) is 24.3 Å². The quantitative estimate of drug-likeness (QED) is 0.175. The Labute approximate surface area is 170 Å². The maximum absolute atomic E-state index is 11.4. The molecule has 0 fully saturated rings. The highest BCUT2D eigenvalue weighted by Crippen LogP contribution is 2.15. The van der Waals surface area contributed by atoms with Crippen LogP contribution in [0.5, 0.6) is 0 Å². The summed E-state index contributed by atoms with van der Waals surface area (Å²) in [7, 11) is -0.695. The Morgan fingerprint density at radius 1 is 0.852 bits per heavy atom. The first-order valence-electron chi connectivity index (χ1n) is 7.96. The van der Waals surface area contributed by atoms with Crippen LogP contribution in [0.15, 0.2) is 24.3 Å². The van der Waals surface area contributed by atoms with E-state index in [1.54, 1.807) is 0 Å². The molecule has 0 N–H and O–H groups in total. The van der Waals surface area contributed by atoms with Gasteiger partial charge in [-0.3, -0.25) is 0 Å². The molecular formula is C16H26Cl2O8Si. The van der Waals surface area contributed by atoms with Gasteiger partial charge in [0.1, 0.15) is 0 Å². The SMILES string of the molecule is C=C(C)C(=O)OC(Cl)CCO[Si](OC)(OC)OCCC(Cl)OC(=O)C(=C)C. The highest BCUT2D eigenvalue weighted by molar-refractivity contribution is 6.53. The van der Waals surface area contributed by atoms with E-state index in [1.807, 2.05) is 0 Å².